The molecule has 206 valence electrons. The van der Waals surface area contributed by atoms with Crippen LogP contribution in [0.5, 0.6) is 0 Å². The zero-order chi connectivity index (χ0) is 27.2. The third kappa shape index (κ3) is 8.93. The summed E-state index contributed by atoms with van der Waals surface area (Å²) in [5.41, 5.74) is 22.2. The molecule has 3 nitrogen and oxygen atoms in total. The van der Waals surface area contributed by atoms with E-state index in [1.807, 2.05) is 0 Å². The molecule has 0 saturated heterocycles. The Balaban J connectivity index is 2.20. The average Bonchev–Trinajstić information content (AvgIpc) is 2.78. The van der Waals surface area contributed by atoms with E-state index in [0.29, 0.717) is 23.7 Å². The van der Waals surface area contributed by atoms with E-state index in [2.05, 4.69) is 124 Å². The minimum atomic E-state index is -0.636. The maximum absolute atomic E-state index is 6.82. The molecule has 0 bridgehead atoms. The van der Waals surface area contributed by atoms with Crippen molar-refractivity contribution in [2.45, 2.75) is 104 Å². The molecule has 0 amide bonds. The molecule has 0 saturated carbocycles. The summed E-state index contributed by atoms with van der Waals surface area (Å²) in [4.78, 5) is 0. The van der Waals surface area contributed by atoms with Crippen LogP contribution in [0.4, 0.5) is 0 Å². The zero-order valence-corrected chi connectivity index (χ0v) is 27.7. The van der Waals surface area contributed by atoms with E-state index in [9.17, 15) is 0 Å². The SMILES string of the molecule is CC(C)c1cccc(C(C)C)c1CC(N)C[N](CC(N)Cc1c(C(C)C)cccc1C(C)C)[Co]([Br])[Br]. The van der Waals surface area contributed by atoms with Crippen LogP contribution in [0.1, 0.15) is 112 Å². The van der Waals surface area contributed by atoms with E-state index in [4.69, 9.17) is 11.5 Å². The molecule has 0 radical (unpaired) electrons. The summed E-state index contributed by atoms with van der Waals surface area (Å²) in [6, 6.07) is 13.5. The second-order valence-corrected chi connectivity index (χ2v) is 19.6. The van der Waals surface area contributed by atoms with Gasteiger partial charge in [-0.05, 0) is 0 Å². The van der Waals surface area contributed by atoms with Gasteiger partial charge in [-0.25, -0.2) is 0 Å². The van der Waals surface area contributed by atoms with Crippen LogP contribution < -0.4 is 11.5 Å². The molecule has 2 atom stereocenters. The Hall–Kier alpha value is -0.214. The average molecular weight is 669 g/mol. The molecule has 0 aliphatic carbocycles. The summed E-state index contributed by atoms with van der Waals surface area (Å²) in [6.45, 7) is 19.8. The van der Waals surface area contributed by atoms with Gasteiger partial charge in [-0.15, -0.1) is 0 Å². The Morgan fingerprint density at radius 1 is 0.611 bits per heavy atom. The zero-order valence-electron chi connectivity index (χ0n) is 23.4. The number of hydrogen-bond donors (Lipinski definition) is 2. The van der Waals surface area contributed by atoms with Crippen molar-refractivity contribution < 1.29 is 10.3 Å². The van der Waals surface area contributed by atoms with Crippen molar-refractivity contribution in [2.24, 2.45) is 11.5 Å². The first kappa shape index (κ1) is 32.0. The fraction of sp³-hybridized carbons (Fsp3) is 0.600. The van der Waals surface area contributed by atoms with Crippen molar-refractivity contribution >= 4 is 28.3 Å². The van der Waals surface area contributed by atoms with E-state index in [0.717, 1.165) is 25.9 Å². The monoisotopic (exact) mass is 667 g/mol. The van der Waals surface area contributed by atoms with E-state index in [1.165, 1.54) is 33.4 Å². The Morgan fingerprint density at radius 2 is 0.889 bits per heavy atom. The van der Waals surface area contributed by atoms with Crippen LogP contribution in [0.3, 0.4) is 0 Å². The van der Waals surface area contributed by atoms with Gasteiger partial charge in [-0.2, -0.15) is 0 Å². The molecular weight excluding hydrogens is 621 g/mol. The maximum atomic E-state index is 6.82. The van der Waals surface area contributed by atoms with Gasteiger partial charge in [0.2, 0.25) is 0 Å². The van der Waals surface area contributed by atoms with E-state index in [-0.39, 0.29) is 12.1 Å². The summed E-state index contributed by atoms with van der Waals surface area (Å²) >= 11 is 7.63. The third-order valence-corrected chi connectivity index (χ3v) is 10.6. The molecular formula is C30H48Br2CoN3. The number of hydrogen-bond acceptors (Lipinski definition) is 3. The summed E-state index contributed by atoms with van der Waals surface area (Å²) in [5.74, 6) is 1.93. The first-order valence-corrected chi connectivity index (χ1v) is 18.9. The summed E-state index contributed by atoms with van der Waals surface area (Å²) in [6.07, 6.45) is 1.76. The molecule has 0 heterocycles. The van der Waals surface area contributed by atoms with Gasteiger partial charge in [0.1, 0.15) is 0 Å². The molecule has 36 heavy (non-hydrogen) atoms. The van der Waals surface area contributed by atoms with E-state index < -0.39 is 10.3 Å². The number of rotatable bonds is 13. The Labute approximate surface area is 239 Å². The molecule has 0 aromatic heterocycles. The van der Waals surface area contributed by atoms with Crippen molar-refractivity contribution in [3.8, 4) is 0 Å². The van der Waals surface area contributed by atoms with Crippen LogP contribution in [-0.4, -0.2) is 29.1 Å². The quantitative estimate of drug-likeness (QED) is 0.227. The van der Waals surface area contributed by atoms with Crippen molar-refractivity contribution in [1.82, 2.24) is 3.95 Å². The fourth-order valence-corrected chi connectivity index (χ4v) is 7.56. The van der Waals surface area contributed by atoms with Gasteiger partial charge in [-0.1, -0.05) is 0 Å². The van der Waals surface area contributed by atoms with E-state index in [1.54, 1.807) is 0 Å². The second-order valence-electron chi connectivity index (χ2n) is 11.3. The first-order valence-electron chi connectivity index (χ1n) is 13.3. The Kier molecular flexibility index (Phi) is 13.2. The molecule has 4 N–H and O–H groups in total. The number of halogens is 2. The molecule has 2 aromatic rings. The minimum absolute atomic E-state index is 0.0308. The summed E-state index contributed by atoms with van der Waals surface area (Å²) in [7, 11) is -0.636. The topological polar surface area (TPSA) is 55.3 Å². The van der Waals surface area contributed by atoms with E-state index >= 15 is 0 Å². The van der Waals surface area contributed by atoms with Crippen molar-refractivity contribution in [2.75, 3.05) is 13.1 Å². The van der Waals surface area contributed by atoms with Crippen LogP contribution in [0.25, 0.3) is 0 Å². The summed E-state index contributed by atoms with van der Waals surface area (Å²) < 4.78 is 2.39. The van der Waals surface area contributed by atoms with Gasteiger partial charge >= 0.3 is 241 Å². The molecule has 0 aliphatic rings. The standard InChI is InChI=1S/C30H48N3.2BrH.Co/c1-19(2)25-11-9-12-26(20(3)4)29(25)15-23(31)17-33-18-24(32)16-30-27(21(5)6)13-10-14-28(30)22(7)8;;;/h9-14,19-24H,15-18,31-32H2,1-8H3;2*1H;/q-1;;;+3/p-2. The second kappa shape index (κ2) is 14.8. The molecule has 6 heteroatoms. The fourth-order valence-electron chi connectivity index (χ4n) is 5.19. The van der Waals surface area contributed by atoms with Crippen LogP contribution >= 0.6 is 28.3 Å². The van der Waals surface area contributed by atoms with Gasteiger partial charge in [0.25, 0.3) is 0 Å². The Bertz CT molecular complexity index is 833. The molecule has 0 fully saturated rings. The van der Waals surface area contributed by atoms with Gasteiger partial charge in [0, 0.05) is 0 Å². The number of benzene rings is 2. The van der Waals surface area contributed by atoms with Crippen molar-refractivity contribution in [3.05, 3.63) is 69.8 Å². The van der Waals surface area contributed by atoms with Gasteiger partial charge in [0.05, 0.1) is 0 Å². The molecule has 2 aromatic carbocycles. The normalized spacial score (nSPS) is 14.4. The predicted octanol–water partition coefficient (Wildman–Crippen LogP) is 8.08. The van der Waals surface area contributed by atoms with Crippen LogP contribution in [0.15, 0.2) is 36.4 Å². The van der Waals surface area contributed by atoms with Crippen LogP contribution in [0, 0.1) is 0 Å². The first-order chi connectivity index (χ1) is 16.8. The van der Waals surface area contributed by atoms with Gasteiger partial charge < -0.3 is 0 Å². The molecule has 0 spiro atoms. The van der Waals surface area contributed by atoms with Crippen molar-refractivity contribution in [3.63, 3.8) is 0 Å². The molecule has 2 rings (SSSR count). The summed E-state index contributed by atoms with van der Waals surface area (Å²) in [5, 5.41) is 0. The predicted molar refractivity (Wildman–Crippen MR) is 162 cm³/mol. The molecule has 0 aliphatic heterocycles. The molecule has 2 unspecified atom stereocenters. The number of nitrogens with two attached hydrogens (primary N) is 2. The van der Waals surface area contributed by atoms with Crippen LogP contribution in [-0.2, 0) is 23.1 Å². The van der Waals surface area contributed by atoms with Crippen LogP contribution in [0.2, 0.25) is 0 Å². The third-order valence-electron chi connectivity index (χ3n) is 6.93. The van der Waals surface area contributed by atoms with Gasteiger partial charge in [-0.3, -0.25) is 0 Å². The Morgan fingerprint density at radius 3 is 1.11 bits per heavy atom. The van der Waals surface area contributed by atoms with Gasteiger partial charge in [0.15, 0.2) is 0 Å². The number of nitrogens with zero attached hydrogens (tertiary/aromatic N) is 1. The van der Waals surface area contributed by atoms with Crippen molar-refractivity contribution in [1.29, 1.82) is 0 Å².